The van der Waals surface area contributed by atoms with Gasteiger partial charge in [-0.05, 0) is 41.8 Å². The van der Waals surface area contributed by atoms with E-state index in [9.17, 15) is 4.79 Å². The number of urea groups is 1. The number of nitrogens with one attached hydrogen (secondary N) is 2. The molecule has 0 fully saturated rings. The van der Waals surface area contributed by atoms with E-state index in [0.717, 1.165) is 16.1 Å². The highest BCUT2D eigenvalue weighted by Gasteiger charge is 2.12. The van der Waals surface area contributed by atoms with Gasteiger partial charge in [0.2, 0.25) is 0 Å². The first-order chi connectivity index (χ1) is 12.0. The van der Waals surface area contributed by atoms with Crippen molar-refractivity contribution in [3.05, 3.63) is 53.5 Å². The number of aromatic nitrogens is 2. The van der Waals surface area contributed by atoms with E-state index in [2.05, 4.69) is 34.4 Å². The second kappa shape index (κ2) is 7.31. The number of benzene rings is 1. The van der Waals surface area contributed by atoms with Gasteiger partial charge in [0.15, 0.2) is 0 Å². The first-order valence-electron chi connectivity index (χ1n) is 7.87. The molecule has 2 amide bonds. The van der Waals surface area contributed by atoms with Gasteiger partial charge < -0.3 is 5.73 Å². The highest BCUT2D eigenvalue weighted by Crippen LogP contribution is 2.27. The van der Waals surface area contributed by atoms with E-state index in [1.54, 1.807) is 11.6 Å². The SMILES string of the molecule is CC(C)c1cccnc1NC(=O)Nc1csc(-c2ccc(N)cc2)n1. The number of amides is 2. The fourth-order valence-corrected chi connectivity index (χ4v) is 3.09. The van der Waals surface area contributed by atoms with Crippen molar-refractivity contribution >= 4 is 34.7 Å². The van der Waals surface area contributed by atoms with Gasteiger partial charge >= 0.3 is 6.03 Å². The van der Waals surface area contributed by atoms with E-state index in [4.69, 9.17) is 5.73 Å². The predicted molar refractivity (Wildman–Crippen MR) is 103 cm³/mol. The lowest BCUT2D eigenvalue weighted by atomic mass is 10.0. The standard InChI is InChI=1S/C18H19N5OS/c1-11(2)14-4-3-9-20-16(14)23-18(24)22-15-10-25-17(21-15)12-5-7-13(19)8-6-12/h3-11H,19H2,1-2H3,(H2,20,22,23,24). The van der Waals surface area contributed by atoms with Crippen molar-refractivity contribution in [3.63, 3.8) is 0 Å². The summed E-state index contributed by atoms with van der Waals surface area (Å²) in [5.74, 6) is 1.32. The maximum Gasteiger partial charge on any atom is 0.326 e. The molecule has 6 nitrogen and oxygen atoms in total. The van der Waals surface area contributed by atoms with Crippen LogP contribution in [0.25, 0.3) is 10.6 Å². The van der Waals surface area contributed by atoms with Crippen molar-refractivity contribution in [2.24, 2.45) is 0 Å². The van der Waals surface area contributed by atoms with Gasteiger partial charge in [-0.15, -0.1) is 11.3 Å². The summed E-state index contributed by atoms with van der Waals surface area (Å²) < 4.78 is 0. The summed E-state index contributed by atoms with van der Waals surface area (Å²) in [7, 11) is 0. The lowest BCUT2D eigenvalue weighted by molar-refractivity contribution is 0.262. The molecule has 25 heavy (non-hydrogen) atoms. The van der Waals surface area contributed by atoms with Gasteiger partial charge in [0.25, 0.3) is 0 Å². The van der Waals surface area contributed by atoms with Crippen LogP contribution in [0.5, 0.6) is 0 Å². The number of carbonyl (C=O) groups is 1. The van der Waals surface area contributed by atoms with Crippen molar-refractivity contribution in [1.29, 1.82) is 0 Å². The normalized spacial score (nSPS) is 10.7. The van der Waals surface area contributed by atoms with Crippen LogP contribution in [0.3, 0.4) is 0 Å². The number of rotatable bonds is 4. The topological polar surface area (TPSA) is 92.9 Å². The lowest BCUT2D eigenvalue weighted by Crippen LogP contribution is -2.21. The smallest absolute Gasteiger partial charge is 0.326 e. The molecule has 3 aromatic rings. The molecule has 0 spiro atoms. The summed E-state index contributed by atoms with van der Waals surface area (Å²) in [5.41, 5.74) is 8.34. The predicted octanol–water partition coefficient (Wildman–Crippen LogP) is 4.55. The van der Waals surface area contributed by atoms with E-state index in [1.807, 2.05) is 36.4 Å². The molecule has 2 aromatic heterocycles. The van der Waals surface area contributed by atoms with Crippen LogP contribution in [-0.2, 0) is 0 Å². The van der Waals surface area contributed by atoms with E-state index in [-0.39, 0.29) is 11.9 Å². The number of nitrogens with two attached hydrogens (primary N) is 1. The van der Waals surface area contributed by atoms with Crippen LogP contribution < -0.4 is 16.4 Å². The molecule has 2 heterocycles. The molecule has 0 aliphatic carbocycles. The van der Waals surface area contributed by atoms with Gasteiger partial charge in [-0.25, -0.2) is 14.8 Å². The molecule has 0 unspecified atom stereocenters. The molecule has 0 bridgehead atoms. The summed E-state index contributed by atoms with van der Waals surface area (Å²) in [5, 5.41) is 8.14. The minimum absolute atomic E-state index is 0.264. The lowest BCUT2D eigenvalue weighted by Gasteiger charge is -2.12. The Labute approximate surface area is 150 Å². The van der Waals surface area contributed by atoms with Crippen LogP contribution in [-0.4, -0.2) is 16.0 Å². The van der Waals surface area contributed by atoms with Crippen LogP contribution in [0.2, 0.25) is 0 Å². The summed E-state index contributed by atoms with van der Waals surface area (Å²) >= 11 is 1.45. The van der Waals surface area contributed by atoms with E-state index in [0.29, 0.717) is 17.3 Å². The Morgan fingerprint density at radius 3 is 2.64 bits per heavy atom. The first-order valence-corrected chi connectivity index (χ1v) is 8.75. The maximum atomic E-state index is 12.2. The molecule has 0 atom stereocenters. The minimum atomic E-state index is -0.366. The minimum Gasteiger partial charge on any atom is -0.399 e. The third kappa shape index (κ3) is 4.13. The summed E-state index contributed by atoms with van der Waals surface area (Å²) in [4.78, 5) is 20.9. The Hall–Kier alpha value is -2.93. The van der Waals surface area contributed by atoms with Gasteiger partial charge in [-0.1, -0.05) is 19.9 Å². The van der Waals surface area contributed by atoms with E-state index in [1.165, 1.54) is 11.3 Å². The number of thiazole rings is 1. The Balaban J connectivity index is 1.69. The molecule has 3 rings (SSSR count). The third-order valence-corrected chi connectivity index (χ3v) is 4.49. The van der Waals surface area contributed by atoms with E-state index >= 15 is 0 Å². The van der Waals surface area contributed by atoms with Crippen LogP contribution in [0.4, 0.5) is 22.1 Å². The average molecular weight is 353 g/mol. The molecule has 0 aliphatic heterocycles. The molecule has 0 aliphatic rings. The van der Waals surface area contributed by atoms with Crippen molar-refractivity contribution in [2.45, 2.75) is 19.8 Å². The monoisotopic (exact) mass is 353 g/mol. The molecular weight excluding hydrogens is 334 g/mol. The Kier molecular flexibility index (Phi) is 4.95. The second-order valence-electron chi connectivity index (χ2n) is 5.83. The molecular formula is C18H19N5OS. The van der Waals surface area contributed by atoms with Gasteiger partial charge in [0.1, 0.15) is 16.6 Å². The number of hydrogen-bond acceptors (Lipinski definition) is 5. The van der Waals surface area contributed by atoms with Crippen molar-refractivity contribution in [3.8, 4) is 10.6 Å². The van der Waals surface area contributed by atoms with Crippen LogP contribution in [0.15, 0.2) is 48.0 Å². The van der Waals surface area contributed by atoms with Crippen molar-refractivity contribution < 1.29 is 4.79 Å². The average Bonchev–Trinajstić information content (AvgIpc) is 3.04. The zero-order chi connectivity index (χ0) is 17.8. The Morgan fingerprint density at radius 1 is 1.16 bits per heavy atom. The van der Waals surface area contributed by atoms with Crippen molar-refractivity contribution in [1.82, 2.24) is 9.97 Å². The highest BCUT2D eigenvalue weighted by molar-refractivity contribution is 7.13. The van der Waals surface area contributed by atoms with E-state index < -0.39 is 0 Å². The van der Waals surface area contributed by atoms with Gasteiger partial charge in [0.05, 0.1) is 0 Å². The summed E-state index contributed by atoms with van der Waals surface area (Å²) in [6.07, 6.45) is 1.66. The largest absolute Gasteiger partial charge is 0.399 e. The molecule has 7 heteroatoms. The number of nitrogens with zero attached hydrogens (tertiary/aromatic N) is 2. The number of anilines is 3. The van der Waals surface area contributed by atoms with Crippen molar-refractivity contribution in [2.75, 3.05) is 16.4 Å². The van der Waals surface area contributed by atoms with Crippen LogP contribution >= 0.6 is 11.3 Å². The second-order valence-corrected chi connectivity index (χ2v) is 6.69. The zero-order valence-corrected chi connectivity index (χ0v) is 14.8. The molecule has 0 radical (unpaired) electrons. The first kappa shape index (κ1) is 16.9. The number of hydrogen-bond donors (Lipinski definition) is 3. The number of pyridine rings is 1. The molecule has 0 saturated carbocycles. The maximum absolute atomic E-state index is 12.2. The molecule has 4 N–H and O–H groups in total. The zero-order valence-electron chi connectivity index (χ0n) is 14.0. The fraction of sp³-hybridized carbons (Fsp3) is 0.167. The van der Waals surface area contributed by atoms with Crippen LogP contribution in [0.1, 0.15) is 25.3 Å². The highest BCUT2D eigenvalue weighted by atomic mass is 32.1. The van der Waals surface area contributed by atoms with Crippen LogP contribution in [0, 0.1) is 0 Å². The van der Waals surface area contributed by atoms with Gasteiger partial charge in [-0.3, -0.25) is 10.6 Å². The molecule has 1 aromatic carbocycles. The Bertz CT molecular complexity index is 873. The van der Waals surface area contributed by atoms with Gasteiger partial charge in [-0.2, -0.15) is 0 Å². The number of nitrogen functional groups attached to an aromatic ring is 1. The quantitative estimate of drug-likeness (QED) is 0.600. The summed E-state index contributed by atoms with van der Waals surface area (Å²) in [6.45, 7) is 4.11. The molecule has 0 saturated heterocycles. The van der Waals surface area contributed by atoms with Gasteiger partial charge in [0, 0.05) is 22.8 Å². The third-order valence-electron chi connectivity index (χ3n) is 3.60. The number of carbonyl (C=O) groups excluding carboxylic acids is 1. The Morgan fingerprint density at radius 2 is 1.92 bits per heavy atom. The molecule has 128 valence electrons. The summed E-state index contributed by atoms with van der Waals surface area (Å²) in [6, 6.07) is 10.9. The fourth-order valence-electron chi connectivity index (χ4n) is 2.33.